The first-order chi connectivity index (χ1) is 53.3. The molecule has 25 heteroatoms. The van der Waals surface area contributed by atoms with Crippen molar-refractivity contribution in [2.75, 3.05) is 65.9 Å². The number of phosphoric acid groups is 2. The second kappa shape index (κ2) is 78.4. The van der Waals surface area contributed by atoms with Gasteiger partial charge in [-0.25, -0.2) is 13.9 Å². The van der Waals surface area contributed by atoms with Crippen molar-refractivity contribution in [1.82, 2.24) is 21.3 Å². The molecule has 4 amide bonds. The van der Waals surface area contributed by atoms with E-state index in [2.05, 4.69) is 62.8 Å². The summed E-state index contributed by atoms with van der Waals surface area (Å²) in [5, 5.41) is 21.3. The number of amides is 4. The molecule has 0 aromatic carbocycles. The van der Waals surface area contributed by atoms with E-state index in [1.54, 1.807) is 0 Å². The number of urea groups is 1. The molecule has 7 N–H and O–H groups in total. The molecule has 0 aliphatic rings. The lowest BCUT2D eigenvalue weighted by atomic mass is 10.0. The highest BCUT2D eigenvalue weighted by Crippen LogP contribution is 2.44. The molecular weight excluding hydrogens is 1440 g/mol. The first-order valence-corrected chi connectivity index (χ1v) is 47.9. The van der Waals surface area contributed by atoms with Crippen molar-refractivity contribution >= 4 is 51.2 Å². The SMILES string of the molecule is CCCCCCCCCCCCC(=O)OC(CCCCCCC)CCOCC(COP(=O)(O)OCCNC(=O)NCCOP(=O)(O)OCC(COCCC(CCCCCCC)OC(=O)CCCCCCCCCCC)NC(=O)CC(=O)CCCCCCCCCCC)NC(=O)CC(O)CCCCCCCCCCCC. The molecule has 0 radical (unpaired) electrons. The molecule has 0 spiro atoms. The van der Waals surface area contributed by atoms with Crippen molar-refractivity contribution in [3.63, 3.8) is 0 Å². The zero-order valence-electron chi connectivity index (χ0n) is 70.7. The maximum Gasteiger partial charge on any atom is 0.472 e. The van der Waals surface area contributed by atoms with Gasteiger partial charge in [-0.05, 0) is 51.4 Å². The third-order valence-electron chi connectivity index (χ3n) is 20.0. The van der Waals surface area contributed by atoms with Crippen LogP contribution in [0.3, 0.4) is 0 Å². The van der Waals surface area contributed by atoms with E-state index in [9.17, 15) is 52.8 Å². The monoisotopic (exact) mass is 1610 g/mol. The van der Waals surface area contributed by atoms with E-state index in [0.29, 0.717) is 51.4 Å². The first kappa shape index (κ1) is 107. The molecule has 0 bridgehead atoms. The summed E-state index contributed by atoms with van der Waals surface area (Å²) >= 11 is 0. The van der Waals surface area contributed by atoms with Gasteiger partial charge in [-0.3, -0.25) is 42.1 Å². The summed E-state index contributed by atoms with van der Waals surface area (Å²) < 4.78 is 71.4. The van der Waals surface area contributed by atoms with Gasteiger partial charge >= 0.3 is 33.6 Å². The van der Waals surface area contributed by atoms with Crippen LogP contribution in [0.2, 0.25) is 0 Å². The van der Waals surface area contributed by atoms with Crippen LogP contribution in [0.1, 0.15) is 414 Å². The van der Waals surface area contributed by atoms with Crippen LogP contribution in [0.4, 0.5) is 4.79 Å². The quantitative estimate of drug-likeness (QED) is 0.0129. The van der Waals surface area contributed by atoms with Crippen molar-refractivity contribution in [1.29, 1.82) is 0 Å². The van der Waals surface area contributed by atoms with Gasteiger partial charge in [-0.15, -0.1) is 0 Å². The van der Waals surface area contributed by atoms with Crippen LogP contribution in [-0.4, -0.2) is 147 Å². The first-order valence-electron chi connectivity index (χ1n) is 44.9. The van der Waals surface area contributed by atoms with Crippen LogP contribution >= 0.6 is 15.6 Å². The van der Waals surface area contributed by atoms with E-state index in [1.165, 1.54) is 154 Å². The smallest absolute Gasteiger partial charge is 0.462 e. The molecule has 110 heavy (non-hydrogen) atoms. The van der Waals surface area contributed by atoms with E-state index in [-0.39, 0.29) is 88.7 Å². The van der Waals surface area contributed by atoms with Gasteiger partial charge in [0.15, 0.2) is 0 Å². The van der Waals surface area contributed by atoms with Crippen molar-refractivity contribution < 1.29 is 89.8 Å². The minimum Gasteiger partial charge on any atom is -0.462 e. The van der Waals surface area contributed by atoms with E-state index in [0.717, 1.165) is 148 Å². The highest BCUT2D eigenvalue weighted by molar-refractivity contribution is 7.47. The Balaban J connectivity index is 5.69. The van der Waals surface area contributed by atoms with Crippen LogP contribution < -0.4 is 21.3 Å². The number of aliphatic hydroxyl groups is 1. The third-order valence-corrected chi connectivity index (χ3v) is 22.0. The molecule has 23 nitrogen and oxygen atoms in total. The third kappa shape index (κ3) is 75.0. The minimum atomic E-state index is -4.80. The lowest BCUT2D eigenvalue weighted by Gasteiger charge is -2.22. The van der Waals surface area contributed by atoms with Crippen molar-refractivity contribution in [2.24, 2.45) is 0 Å². The lowest BCUT2D eigenvalue weighted by molar-refractivity contribution is -0.151. The fourth-order valence-electron chi connectivity index (χ4n) is 13.3. The zero-order valence-corrected chi connectivity index (χ0v) is 72.5. The van der Waals surface area contributed by atoms with Gasteiger partial charge in [0.1, 0.15) is 18.0 Å². The number of phosphoric ester groups is 2. The number of ketones is 1. The van der Waals surface area contributed by atoms with Crippen LogP contribution in [0, 0.1) is 0 Å². The summed E-state index contributed by atoms with van der Waals surface area (Å²) in [5.41, 5.74) is 0. The number of aliphatic hydroxyl groups excluding tert-OH is 1. The number of hydrogen-bond acceptors (Lipinski definition) is 17. The average molecular weight is 1610 g/mol. The number of Topliss-reactive ketones (excluding diaryl/α,β-unsaturated/α-hetero) is 1. The van der Waals surface area contributed by atoms with Gasteiger partial charge in [-0.1, -0.05) is 318 Å². The maximum absolute atomic E-state index is 13.4. The summed E-state index contributed by atoms with van der Waals surface area (Å²) in [4.78, 5) is 99.9. The van der Waals surface area contributed by atoms with Crippen molar-refractivity contribution in [3.8, 4) is 0 Å². The molecule has 7 unspecified atom stereocenters. The van der Waals surface area contributed by atoms with Gasteiger partial charge in [0.05, 0.1) is 83.9 Å². The molecule has 0 aromatic rings. The fraction of sp³-hybridized carbons (Fsp3) is 0.929. The topological polar surface area (TPSA) is 319 Å². The minimum absolute atomic E-state index is 0.128. The Morgan fingerprint density at radius 2 is 0.618 bits per heavy atom. The van der Waals surface area contributed by atoms with E-state index >= 15 is 0 Å². The Morgan fingerprint density at radius 1 is 0.327 bits per heavy atom. The normalized spacial score (nSPS) is 14.1. The fourth-order valence-corrected chi connectivity index (χ4v) is 14.8. The Bertz CT molecular complexity index is 2260. The molecule has 650 valence electrons. The summed E-state index contributed by atoms with van der Waals surface area (Å²) in [6.45, 7) is 10.7. The molecule has 0 saturated heterocycles. The molecule has 0 aliphatic heterocycles. The number of nitrogens with one attached hydrogen (secondary N) is 4. The summed E-state index contributed by atoms with van der Waals surface area (Å²) in [5.74, 6) is -1.75. The standard InChI is InChI=1S/C85H166N4O19P2/c1-7-13-19-25-29-33-37-40-46-50-56-78(91)70-82(93)89-76(72-102-66-62-80(58-52-44-24-18-12-6)108-84(95)60-54-48-42-38-34-30-26-20-14-8-2)74-106-110(99,100)104-68-64-87-85(96)86-63-67-103-109(97,98)105-73-75(88-81(92)69-77(90)55-49-45-39-35-31-27-21-15-9-3)71-101-65-61-79(57-51-43-23-17-11-5)107-83(94)59-53-47-41-36-32-28-22-16-10-4/h75-76,78-80,91H,7-74H2,1-6H3,(H,88,92)(H,89,93)(H,97,98)(H,99,100)(H2,86,87,96). The number of carbonyl (C=O) groups is 6. The summed E-state index contributed by atoms with van der Waals surface area (Å²) in [6.07, 6.45) is 55.0. The second-order valence-electron chi connectivity index (χ2n) is 30.9. The molecule has 0 saturated carbocycles. The molecular formula is C85H166N4O19P2. The largest absolute Gasteiger partial charge is 0.472 e. The van der Waals surface area contributed by atoms with Gasteiger partial charge in [-0.2, -0.15) is 0 Å². The maximum atomic E-state index is 13.4. The van der Waals surface area contributed by atoms with Crippen LogP contribution in [0.5, 0.6) is 0 Å². The van der Waals surface area contributed by atoms with Crippen molar-refractivity contribution in [2.45, 2.75) is 444 Å². The number of carbonyl (C=O) groups excluding carboxylic acids is 6. The lowest BCUT2D eigenvalue weighted by Crippen LogP contribution is -2.42. The summed E-state index contributed by atoms with van der Waals surface area (Å²) in [7, 11) is -9.58. The molecule has 0 aromatic heterocycles. The molecule has 0 aliphatic carbocycles. The number of esters is 2. The Morgan fingerprint density at radius 3 is 0.955 bits per heavy atom. The van der Waals surface area contributed by atoms with Crippen molar-refractivity contribution in [3.05, 3.63) is 0 Å². The average Bonchev–Trinajstić information content (AvgIpc) is 0.911. The second-order valence-corrected chi connectivity index (χ2v) is 33.8. The molecule has 7 atom stereocenters. The summed E-state index contributed by atoms with van der Waals surface area (Å²) in [6, 6.07) is -2.68. The van der Waals surface area contributed by atoms with E-state index in [1.807, 2.05) is 0 Å². The predicted molar refractivity (Wildman–Crippen MR) is 443 cm³/mol. The van der Waals surface area contributed by atoms with Crippen LogP contribution in [-0.2, 0) is 70.1 Å². The molecule has 0 heterocycles. The number of hydrogen-bond donors (Lipinski definition) is 7. The number of rotatable bonds is 86. The van der Waals surface area contributed by atoms with Crippen LogP contribution in [0.15, 0.2) is 0 Å². The predicted octanol–water partition coefficient (Wildman–Crippen LogP) is 21.1. The van der Waals surface area contributed by atoms with Gasteiger partial charge in [0, 0.05) is 45.2 Å². The number of ether oxygens (including phenoxy) is 4. The zero-order chi connectivity index (χ0) is 80.9. The van der Waals surface area contributed by atoms with Gasteiger partial charge in [0.2, 0.25) is 11.8 Å². The number of unbranched alkanes of at least 4 members (excludes halogenated alkanes) is 42. The van der Waals surface area contributed by atoms with E-state index in [4.69, 9.17) is 37.0 Å². The molecule has 0 rings (SSSR count). The van der Waals surface area contributed by atoms with Gasteiger partial charge in [0.25, 0.3) is 0 Å². The van der Waals surface area contributed by atoms with E-state index < -0.39 is 78.1 Å². The van der Waals surface area contributed by atoms with Crippen LogP contribution in [0.25, 0.3) is 0 Å². The molecule has 0 fully saturated rings. The van der Waals surface area contributed by atoms with Gasteiger partial charge < -0.3 is 55.1 Å². The Hall–Kier alpha value is -3.08. The highest BCUT2D eigenvalue weighted by Gasteiger charge is 2.28. The Labute approximate surface area is 669 Å². The highest BCUT2D eigenvalue weighted by atomic mass is 31.2. The Kier molecular flexibility index (Phi) is 76.2.